The number of sulfonamides is 1. The maximum atomic E-state index is 14.0. The summed E-state index contributed by atoms with van der Waals surface area (Å²) in [6.45, 7) is 2.73. The van der Waals surface area contributed by atoms with E-state index in [2.05, 4.69) is 5.32 Å². The maximum absolute atomic E-state index is 14.0. The van der Waals surface area contributed by atoms with Crippen molar-refractivity contribution in [3.05, 3.63) is 81.8 Å². The first-order valence-electron chi connectivity index (χ1n) is 12.2. The second-order valence-corrected chi connectivity index (χ2v) is 11.6. The Kier molecular flexibility index (Phi) is 10.3. The van der Waals surface area contributed by atoms with Crippen LogP contribution in [0.2, 0.25) is 10.0 Å². The number of likely N-dealkylation sites (N-methyl/N-ethyl adjacent to an activating group) is 1. The van der Waals surface area contributed by atoms with Crippen molar-refractivity contribution in [2.45, 2.75) is 31.3 Å². The number of nitrogens with one attached hydrogen (secondary N) is 1. The van der Waals surface area contributed by atoms with E-state index in [0.29, 0.717) is 16.3 Å². The molecule has 12 heteroatoms. The number of anilines is 1. The molecule has 0 aromatic heterocycles. The van der Waals surface area contributed by atoms with Crippen LogP contribution in [0.1, 0.15) is 18.1 Å². The van der Waals surface area contributed by atoms with Crippen molar-refractivity contribution >= 4 is 50.7 Å². The first-order chi connectivity index (χ1) is 18.9. The average Bonchev–Trinajstić information content (AvgIpc) is 2.95. The molecule has 9 nitrogen and oxygen atoms in total. The minimum absolute atomic E-state index is 0.0221. The van der Waals surface area contributed by atoms with E-state index in [1.165, 1.54) is 44.4 Å². The molecule has 0 aliphatic heterocycles. The summed E-state index contributed by atoms with van der Waals surface area (Å²) in [6.07, 6.45) is 0. The highest BCUT2D eigenvalue weighted by Gasteiger charge is 2.34. The summed E-state index contributed by atoms with van der Waals surface area (Å²) in [5.74, 6) is -0.499. The van der Waals surface area contributed by atoms with Crippen molar-refractivity contribution in [2.24, 2.45) is 0 Å². The zero-order chi connectivity index (χ0) is 29.6. The van der Waals surface area contributed by atoms with Crippen LogP contribution in [-0.2, 0) is 26.2 Å². The predicted octanol–water partition coefficient (Wildman–Crippen LogP) is 4.68. The Bertz CT molecular complexity index is 1480. The normalized spacial score (nSPS) is 11.9. The topological polar surface area (TPSA) is 105 Å². The molecular formula is C28H31Cl2N3O6S. The third-order valence-electron chi connectivity index (χ3n) is 6.29. The number of hydrogen-bond acceptors (Lipinski definition) is 6. The smallest absolute Gasteiger partial charge is 0.264 e. The van der Waals surface area contributed by atoms with Gasteiger partial charge in [-0.3, -0.25) is 13.9 Å². The van der Waals surface area contributed by atoms with Crippen molar-refractivity contribution < 1.29 is 27.5 Å². The highest BCUT2D eigenvalue weighted by molar-refractivity contribution is 7.92. The van der Waals surface area contributed by atoms with Crippen LogP contribution in [0.15, 0.2) is 65.6 Å². The van der Waals surface area contributed by atoms with E-state index in [-0.39, 0.29) is 27.9 Å². The van der Waals surface area contributed by atoms with Gasteiger partial charge in [-0.1, -0.05) is 47.0 Å². The van der Waals surface area contributed by atoms with Crippen LogP contribution >= 0.6 is 23.2 Å². The Hall–Kier alpha value is -3.47. The van der Waals surface area contributed by atoms with Gasteiger partial charge in [0.05, 0.1) is 34.8 Å². The SMILES string of the molecule is CNC(=O)[C@@H](C)N(Cc1ccc(Cl)c(Cl)c1)C(=O)CN(c1cc(OC)ccc1OC)S(=O)(=O)c1ccc(C)cc1. The molecule has 3 aromatic carbocycles. The van der Waals surface area contributed by atoms with Crippen LogP contribution in [0.5, 0.6) is 11.5 Å². The number of nitrogens with zero attached hydrogens (tertiary/aromatic N) is 2. The van der Waals surface area contributed by atoms with Gasteiger partial charge in [-0.05, 0) is 55.8 Å². The fourth-order valence-electron chi connectivity index (χ4n) is 3.97. The Morgan fingerprint density at radius 3 is 2.20 bits per heavy atom. The molecule has 0 aliphatic carbocycles. The molecule has 3 rings (SSSR count). The second kappa shape index (κ2) is 13.3. The lowest BCUT2D eigenvalue weighted by atomic mass is 10.1. The van der Waals surface area contributed by atoms with Crippen LogP contribution in [0, 0.1) is 6.92 Å². The molecule has 40 heavy (non-hydrogen) atoms. The Labute approximate surface area is 244 Å². The minimum Gasteiger partial charge on any atom is -0.497 e. The Morgan fingerprint density at radius 2 is 1.62 bits per heavy atom. The zero-order valence-corrected chi connectivity index (χ0v) is 25.1. The van der Waals surface area contributed by atoms with Crippen LogP contribution < -0.4 is 19.1 Å². The Balaban J connectivity index is 2.13. The number of ether oxygens (including phenoxy) is 2. The molecule has 0 spiro atoms. The second-order valence-electron chi connectivity index (χ2n) is 8.92. The van der Waals surface area contributed by atoms with Gasteiger partial charge in [-0.15, -0.1) is 0 Å². The third kappa shape index (κ3) is 6.99. The lowest BCUT2D eigenvalue weighted by Crippen LogP contribution is -2.50. The van der Waals surface area contributed by atoms with Gasteiger partial charge in [-0.2, -0.15) is 0 Å². The van der Waals surface area contributed by atoms with Gasteiger partial charge in [0.15, 0.2) is 0 Å². The van der Waals surface area contributed by atoms with Gasteiger partial charge in [0.1, 0.15) is 24.1 Å². The molecule has 1 atom stereocenters. The summed E-state index contributed by atoms with van der Waals surface area (Å²) in [6, 6.07) is 14.8. The summed E-state index contributed by atoms with van der Waals surface area (Å²) >= 11 is 12.2. The van der Waals surface area contributed by atoms with E-state index in [1.54, 1.807) is 49.4 Å². The first-order valence-corrected chi connectivity index (χ1v) is 14.4. The molecule has 0 saturated heterocycles. The summed E-state index contributed by atoms with van der Waals surface area (Å²) in [7, 11) is 0.0126. The standard InChI is InChI=1S/C28H31Cl2N3O6S/c1-18-6-10-22(11-7-18)40(36,37)33(25-15-21(38-4)9-13-26(25)39-5)17-27(34)32(19(2)28(35)31-3)16-20-8-12-23(29)24(30)14-20/h6-15,19H,16-17H2,1-5H3,(H,31,35)/t19-/m1/s1. The van der Waals surface area contributed by atoms with Crippen molar-refractivity contribution in [1.29, 1.82) is 0 Å². The lowest BCUT2D eigenvalue weighted by molar-refractivity contribution is -0.139. The highest BCUT2D eigenvalue weighted by Crippen LogP contribution is 2.36. The minimum atomic E-state index is -4.28. The molecule has 214 valence electrons. The third-order valence-corrected chi connectivity index (χ3v) is 8.81. The number of methoxy groups -OCH3 is 2. The molecule has 0 unspecified atom stereocenters. The quantitative estimate of drug-likeness (QED) is 0.339. The van der Waals surface area contributed by atoms with E-state index in [0.717, 1.165) is 9.87 Å². The molecule has 1 N–H and O–H groups in total. The van der Waals surface area contributed by atoms with Crippen LogP contribution in [-0.4, -0.2) is 59.0 Å². The van der Waals surface area contributed by atoms with Gasteiger partial charge in [-0.25, -0.2) is 8.42 Å². The molecule has 0 saturated carbocycles. The number of carbonyl (C=O) groups is 2. The summed E-state index contributed by atoms with van der Waals surface area (Å²) in [5.41, 5.74) is 1.57. The molecule has 3 aromatic rings. The number of rotatable bonds is 11. The number of benzene rings is 3. The van der Waals surface area contributed by atoms with E-state index < -0.39 is 34.4 Å². The van der Waals surface area contributed by atoms with E-state index in [1.807, 2.05) is 6.92 Å². The van der Waals surface area contributed by atoms with Gasteiger partial charge in [0.25, 0.3) is 10.0 Å². The van der Waals surface area contributed by atoms with E-state index >= 15 is 0 Å². The molecule has 2 amide bonds. The summed E-state index contributed by atoms with van der Waals surface area (Å²) in [5, 5.41) is 3.16. The van der Waals surface area contributed by atoms with Crippen molar-refractivity contribution in [3.8, 4) is 11.5 Å². The lowest BCUT2D eigenvalue weighted by Gasteiger charge is -2.32. The molecule has 0 fully saturated rings. The van der Waals surface area contributed by atoms with Crippen molar-refractivity contribution in [1.82, 2.24) is 10.2 Å². The zero-order valence-electron chi connectivity index (χ0n) is 22.8. The highest BCUT2D eigenvalue weighted by atomic mass is 35.5. The molecule has 0 bridgehead atoms. The number of amides is 2. The van der Waals surface area contributed by atoms with Gasteiger partial charge in [0.2, 0.25) is 11.8 Å². The van der Waals surface area contributed by atoms with Gasteiger partial charge in [0, 0.05) is 19.7 Å². The molecule has 0 radical (unpaired) electrons. The van der Waals surface area contributed by atoms with Crippen molar-refractivity contribution in [3.63, 3.8) is 0 Å². The average molecular weight is 609 g/mol. The number of halogens is 2. The maximum Gasteiger partial charge on any atom is 0.264 e. The van der Waals surface area contributed by atoms with Crippen molar-refractivity contribution in [2.75, 3.05) is 32.1 Å². The molecular weight excluding hydrogens is 577 g/mol. The molecule has 0 aliphatic rings. The van der Waals surface area contributed by atoms with Crippen LogP contribution in [0.4, 0.5) is 5.69 Å². The largest absolute Gasteiger partial charge is 0.497 e. The number of hydrogen-bond donors (Lipinski definition) is 1. The first kappa shape index (κ1) is 31.1. The molecule has 0 heterocycles. The van der Waals surface area contributed by atoms with E-state index in [9.17, 15) is 18.0 Å². The van der Waals surface area contributed by atoms with Crippen LogP contribution in [0.3, 0.4) is 0 Å². The van der Waals surface area contributed by atoms with Crippen LogP contribution in [0.25, 0.3) is 0 Å². The van der Waals surface area contributed by atoms with Gasteiger partial charge < -0.3 is 19.7 Å². The summed E-state index contributed by atoms with van der Waals surface area (Å²) < 4.78 is 39.8. The number of carbonyl (C=O) groups excluding carboxylic acids is 2. The van der Waals surface area contributed by atoms with E-state index in [4.69, 9.17) is 32.7 Å². The summed E-state index contributed by atoms with van der Waals surface area (Å²) in [4.78, 5) is 27.8. The van der Waals surface area contributed by atoms with Gasteiger partial charge >= 0.3 is 0 Å². The predicted molar refractivity (Wildman–Crippen MR) is 156 cm³/mol. The Morgan fingerprint density at radius 1 is 0.950 bits per heavy atom. The fourth-order valence-corrected chi connectivity index (χ4v) is 5.71. The fraction of sp³-hybridized carbons (Fsp3) is 0.286. The number of aryl methyl sites for hydroxylation is 1. The monoisotopic (exact) mass is 607 g/mol.